The second-order valence-corrected chi connectivity index (χ2v) is 7.11. The number of carboxylic acids is 1. The number of ether oxygens (including phenoxy) is 1. The summed E-state index contributed by atoms with van der Waals surface area (Å²) in [5, 5.41) is 11.6. The van der Waals surface area contributed by atoms with Crippen LogP contribution in [0.15, 0.2) is 48.5 Å². The minimum Gasteiger partial charge on any atom is -0.491 e. The summed E-state index contributed by atoms with van der Waals surface area (Å²) in [6, 6.07) is 15.0. The van der Waals surface area contributed by atoms with Gasteiger partial charge in [-0.15, -0.1) is 11.8 Å². The molecule has 0 heterocycles. The highest BCUT2D eigenvalue weighted by Gasteiger charge is 2.07. The Kier molecular flexibility index (Phi) is 7.53. The van der Waals surface area contributed by atoms with Crippen molar-refractivity contribution in [2.24, 2.45) is 0 Å². The largest absolute Gasteiger partial charge is 0.491 e. The lowest BCUT2D eigenvalue weighted by molar-refractivity contribution is -0.133. The summed E-state index contributed by atoms with van der Waals surface area (Å²) in [4.78, 5) is 22.9. The number of aliphatic carboxylic acids is 1. The van der Waals surface area contributed by atoms with Crippen LogP contribution in [0.25, 0.3) is 0 Å². The number of carboxylic acid groups (broad SMARTS) is 1. The van der Waals surface area contributed by atoms with Crippen molar-refractivity contribution in [2.75, 3.05) is 11.1 Å². The van der Waals surface area contributed by atoms with Crippen molar-refractivity contribution < 1.29 is 19.4 Å². The molecule has 6 heteroatoms. The Morgan fingerprint density at radius 3 is 2.58 bits per heavy atom. The highest BCUT2D eigenvalue weighted by atomic mass is 32.2. The first-order chi connectivity index (χ1) is 12.4. The molecule has 0 spiro atoms. The van der Waals surface area contributed by atoms with Gasteiger partial charge in [0.25, 0.3) is 0 Å². The molecule has 0 aliphatic rings. The van der Waals surface area contributed by atoms with E-state index in [9.17, 15) is 9.59 Å². The van der Waals surface area contributed by atoms with Gasteiger partial charge in [-0.25, -0.2) is 0 Å². The number of thioether (sulfide) groups is 1. The molecule has 0 atom stereocenters. The molecule has 0 aliphatic carbocycles. The average Bonchev–Trinajstić information content (AvgIpc) is 2.54. The Bertz CT molecular complexity index is 761. The molecule has 0 saturated carbocycles. The summed E-state index contributed by atoms with van der Waals surface area (Å²) in [5.41, 5.74) is 2.56. The van der Waals surface area contributed by atoms with E-state index in [0.717, 1.165) is 16.9 Å². The second-order valence-electron chi connectivity index (χ2n) is 6.13. The number of amides is 1. The van der Waals surface area contributed by atoms with Crippen LogP contribution in [-0.2, 0) is 21.8 Å². The van der Waals surface area contributed by atoms with Gasteiger partial charge in [0.1, 0.15) is 5.75 Å². The van der Waals surface area contributed by atoms with Crippen LogP contribution in [0.3, 0.4) is 0 Å². The molecule has 2 N–H and O–H groups in total. The van der Waals surface area contributed by atoms with Crippen LogP contribution in [0.5, 0.6) is 5.75 Å². The first-order valence-corrected chi connectivity index (χ1v) is 9.52. The minimum atomic E-state index is -0.830. The normalized spacial score (nSPS) is 10.6. The van der Waals surface area contributed by atoms with Crippen molar-refractivity contribution in [2.45, 2.75) is 32.1 Å². The maximum atomic E-state index is 12.3. The van der Waals surface area contributed by atoms with Gasteiger partial charge in [-0.05, 0) is 49.2 Å². The van der Waals surface area contributed by atoms with Crippen molar-refractivity contribution >= 4 is 29.3 Å². The van der Waals surface area contributed by atoms with Gasteiger partial charge >= 0.3 is 5.97 Å². The van der Waals surface area contributed by atoms with Crippen LogP contribution in [0.4, 0.5) is 5.69 Å². The van der Waals surface area contributed by atoms with Gasteiger partial charge in [-0.1, -0.05) is 24.3 Å². The summed E-state index contributed by atoms with van der Waals surface area (Å²) in [5.74, 6) is 0.462. The number of rotatable bonds is 9. The van der Waals surface area contributed by atoms with Crippen LogP contribution in [0, 0.1) is 0 Å². The lowest BCUT2D eigenvalue weighted by Gasteiger charge is -2.11. The first-order valence-electron chi connectivity index (χ1n) is 8.36. The van der Waals surface area contributed by atoms with Gasteiger partial charge in [0.05, 0.1) is 18.3 Å². The maximum absolute atomic E-state index is 12.3. The lowest BCUT2D eigenvalue weighted by Crippen LogP contribution is -2.14. The van der Waals surface area contributed by atoms with E-state index in [4.69, 9.17) is 9.84 Å². The van der Waals surface area contributed by atoms with E-state index in [1.54, 1.807) is 0 Å². The van der Waals surface area contributed by atoms with Crippen LogP contribution >= 0.6 is 11.8 Å². The number of benzene rings is 2. The molecule has 5 nitrogen and oxygen atoms in total. The van der Waals surface area contributed by atoms with Crippen LogP contribution in [0.1, 0.15) is 25.0 Å². The van der Waals surface area contributed by atoms with E-state index >= 15 is 0 Å². The van der Waals surface area contributed by atoms with Gasteiger partial charge in [0, 0.05) is 11.4 Å². The van der Waals surface area contributed by atoms with Gasteiger partial charge in [0.15, 0.2) is 0 Å². The molecular formula is C20H23NO4S. The average molecular weight is 373 g/mol. The molecule has 0 aromatic heterocycles. The van der Waals surface area contributed by atoms with Crippen molar-refractivity contribution in [3.63, 3.8) is 0 Å². The third kappa shape index (κ3) is 7.19. The Labute approximate surface area is 157 Å². The van der Waals surface area contributed by atoms with Crippen LogP contribution in [-0.4, -0.2) is 28.8 Å². The lowest BCUT2D eigenvalue weighted by atomic mass is 10.1. The molecule has 2 rings (SSSR count). The topological polar surface area (TPSA) is 75.6 Å². The fourth-order valence-corrected chi connectivity index (χ4v) is 3.08. The molecule has 138 valence electrons. The van der Waals surface area contributed by atoms with E-state index in [0.29, 0.717) is 11.4 Å². The molecule has 26 heavy (non-hydrogen) atoms. The summed E-state index contributed by atoms with van der Waals surface area (Å²) in [7, 11) is 0. The predicted octanol–water partition coefficient (Wildman–Crippen LogP) is 3.97. The fraction of sp³-hybridized carbons (Fsp3) is 0.300. The summed E-state index contributed by atoms with van der Waals surface area (Å²) in [6.45, 7) is 3.92. The zero-order valence-corrected chi connectivity index (χ0v) is 15.7. The SMILES string of the molecule is CC(C)Oc1cccc(CC(=O)Nc2cccc(CSCC(=O)O)c2)c1. The third-order valence-corrected chi connectivity index (χ3v) is 4.33. The van der Waals surface area contributed by atoms with Gasteiger partial charge in [-0.2, -0.15) is 0 Å². The number of nitrogens with one attached hydrogen (secondary N) is 1. The molecule has 0 fully saturated rings. The number of anilines is 1. The maximum Gasteiger partial charge on any atom is 0.313 e. The standard InChI is InChI=1S/C20H23NO4S/c1-14(2)25-18-8-4-5-15(10-18)11-19(22)21-17-7-3-6-16(9-17)12-26-13-20(23)24/h3-10,14H,11-13H2,1-2H3,(H,21,22)(H,23,24). The molecule has 1 amide bonds. The quantitative estimate of drug-likeness (QED) is 0.695. The molecule has 0 unspecified atom stereocenters. The number of carbonyl (C=O) groups excluding carboxylic acids is 1. The van der Waals surface area contributed by atoms with Crippen LogP contribution < -0.4 is 10.1 Å². The predicted molar refractivity (Wildman–Crippen MR) is 105 cm³/mol. The number of carbonyl (C=O) groups is 2. The fourth-order valence-electron chi connectivity index (χ4n) is 2.39. The molecule has 0 saturated heterocycles. The molecule has 0 radical (unpaired) electrons. The van der Waals surface area contributed by atoms with Gasteiger partial charge < -0.3 is 15.2 Å². The third-order valence-electron chi connectivity index (χ3n) is 3.34. The highest BCUT2D eigenvalue weighted by Crippen LogP contribution is 2.18. The van der Waals surface area contributed by atoms with E-state index < -0.39 is 5.97 Å². The highest BCUT2D eigenvalue weighted by molar-refractivity contribution is 7.99. The smallest absolute Gasteiger partial charge is 0.313 e. The van der Waals surface area contributed by atoms with Crippen molar-refractivity contribution in [1.29, 1.82) is 0 Å². The van der Waals surface area contributed by atoms with E-state index in [2.05, 4.69) is 5.32 Å². The number of hydrogen-bond acceptors (Lipinski definition) is 4. The van der Waals surface area contributed by atoms with Gasteiger partial charge in [-0.3, -0.25) is 9.59 Å². The van der Waals surface area contributed by atoms with E-state index in [1.165, 1.54) is 11.8 Å². The zero-order chi connectivity index (χ0) is 18.9. The van der Waals surface area contributed by atoms with Crippen LogP contribution in [0.2, 0.25) is 0 Å². The first kappa shape index (κ1) is 19.8. The summed E-state index contributed by atoms with van der Waals surface area (Å²) >= 11 is 1.32. The van der Waals surface area contributed by atoms with Crippen molar-refractivity contribution in [3.05, 3.63) is 59.7 Å². The minimum absolute atomic E-state index is 0.0609. The number of hydrogen-bond donors (Lipinski definition) is 2. The van der Waals surface area contributed by atoms with Crippen molar-refractivity contribution in [1.82, 2.24) is 0 Å². The molecule has 2 aromatic carbocycles. The second kappa shape index (κ2) is 9.87. The molecule has 0 bridgehead atoms. The summed E-state index contributed by atoms with van der Waals surface area (Å²) < 4.78 is 5.65. The molecular weight excluding hydrogens is 350 g/mol. The Morgan fingerprint density at radius 2 is 1.85 bits per heavy atom. The van der Waals surface area contributed by atoms with E-state index in [1.807, 2.05) is 62.4 Å². The Hall–Kier alpha value is -2.47. The molecule has 0 aliphatic heterocycles. The van der Waals surface area contributed by atoms with Crippen molar-refractivity contribution in [3.8, 4) is 5.75 Å². The monoisotopic (exact) mass is 373 g/mol. The molecule has 2 aromatic rings. The Balaban J connectivity index is 1.92. The van der Waals surface area contributed by atoms with Gasteiger partial charge in [0.2, 0.25) is 5.91 Å². The van der Waals surface area contributed by atoms with E-state index in [-0.39, 0.29) is 24.2 Å². The summed E-state index contributed by atoms with van der Waals surface area (Å²) in [6.07, 6.45) is 0.341. The Morgan fingerprint density at radius 1 is 1.12 bits per heavy atom. The zero-order valence-electron chi connectivity index (χ0n) is 14.9.